The number of piperidine rings is 1. The van der Waals surface area contributed by atoms with Crippen molar-refractivity contribution in [3.8, 4) is 11.5 Å². The van der Waals surface area contributed by atoms with E-state index in [-0.39, 0.29) is 18.0 Å². The summed E-state index contributed by atoms with van der Waals surface area (Å²) in [6.45, 7) is 1.02. The molecule has 0 radical (unpaired) electrons. The molecule has 0 aromatic heterocycles. The van der Waals surface area contributed by atoms with E-state index in [1.165, 1.54) is 0 Å². The van der Waals surface area contributed by atoms with Gasteiger partial charge in [0.05, 0.1) is 19.8 Å². The Labute approximate surface area is 187 Å². The van der Waals surface area contributed by atoms with Crippen LogP contribution < -0.4 is 20.3 Å². The lowest BCUT2D eigenvalue weighted by Crippen LogP contribution is -2.51. The minimum atomic E-state index is -0.926. The van der Waals surface area contributed by atoms with E-state index in [1.807, 2.05) is 35.2 Å². The molecule has 31 heavy (non-hydrogen) atoms. The first-order valence-electron chi connectivity index (χ1n) is 10.4. The monoisotopic (exact) mass is 445 g/mol. The zero-order valence-electron chi connectivity index (χ0n) is 17.7. The summed E-state index contributed by atoms with van der Waals surface area (Å²) >= 11 is 5.96. The van der Waals surface area contributed by atoms with Gasteiger partial charge in [-0.2, -0.15) is 0 Å². The van der Waals surface area contributed by atoms with E-state index in [9.17, 15) is 9.90 Å². The van der Waals surface area contributed by atoms with E-state index < -0.39 is 5.60 Å². The minimum absolute atomic E-state index is 0.00968. The maximum Gasteiger partial charge on any atom is 0.241 e. The van der Waals surface area contributed by atoms with Crippen LogP contribution in [0.1, 0.15) is 36.4 Å². The van der Waals surface area contributed by atoms with Crippen molar-refractivity contribution in [2.45, 2.75) is 36.9 Å². The van der Waals surface area contributed by atoms with Crippen LogP contribution in [0, 0.1) is 0 Å². The third-order valence-corrected chi connectivity index (χ3v) is 6.55. The maximum absolute atomic E-state index is 13.1. The second-order valence-corrected chi connectivity index (χ2v) is 8.54. The van der Waals surface area contributed by atoms with Gasteiger partial charge in [-0.3, -0.25) is 4.79 Å². The van der Waals surface area contributed by atoms with Gasteiger partial charge < -0.3 is 19.5 Å². The Morgan fingerprint density at radius 1 is 1.06 bits per heavy atom. The molecule has 2 aliphatic rings. The summed E-state index contributed by atoms with van der Waals surface area (Å²) in [6, 6.07) is 12.7. The molecule has 166 valence electrons. The number of benzene rings is 2. The lowest BCUT2D eigenvalue weighted by atomic mass is 9.84. The van der Waals surface area contributed by atoms with E-state index in [2.05, 4.69) is 10.9 Å². The van der Waals surface area contributed by atoms with Crippen molar-refractivity contribution in [2.24, 2.45) is 0 Å². The van der Waals surface area contributed by atoms with E-state index in [0.29, 0.717) is 48.9 Å². The van der Waals surface area contributed by atoms with E-state index in [0.717, 1.165) is 11.1 Å². The number of nitrogens with one attached hydrogen (secondary N) is 2. The highest BCUT2D eigenvalue weighted by atomic mass is 35.5. The third kappa shape index (κ3) is 4.50. The van der Waals surface area contributed by atoms with Gasteiger partial charge in [-0.15, -0.1) is 0 Å². The van der Waals surface area contributed by atoms with Crippen molar-refractivity contribution in [1.82, 2.24) is 15.8 Å². The fraction of sp³-hybridized carbons (Fsp3) is 0.435. The average Bonchev–Trinajstić information content (AvgIpc) is 3.29. The van der Waals surface area contributed by atoms with Crippen molar-refractivity contribution in [3.05, 3.63) is 58.6 Å². The van der Waals surface area contributed by atoms with Gasteiger partial charge in [0, 0.05) is 24.2 Å². The summed E-state index contributed by atoms with van der Waals surface area (Å²) in [7, 11) is 3.21. The van der Waals surface area contributed by atoms with Crippen LogP contribution in [0.3, 0.4) is 0 Å². The van der Waals surface area contributed by atoms with Crippen LogP contribution in [-0.2, 0) is 10.4 Å². The summed E-state index contributed by atoms with van der Waals surface area (Å²) in [5.41, 5.74) is 7.30. The van der Waals surface area contributed by atoms with Gasteiger partial charge in [-0.1, -0.05) is 29.8 Å². The Kier molecular flexibility index (Phi) is 6.39. The third-order valence-electron chi connectivity index (χ3n) is 6.30. The number of likely N-dealkylation sites (tertiary alicyclic amines) is 1. The Bertz CT molecular complexity index is 929. The molecule has 2 unspecified atom stereocenters. The number of nitrogens with zero attached hydrogens (tertiary/aromatic N) is 1. The molecule has 4 rings (SSSR count). The van der Waals surface area contributed by atoms with E-state index >= 15 is 0 Å². The maximum atomic E-state index is 13.1. The number of amides is 1. The molecule has 1 amide bonds. The van der Waals surface area contributed by atoms with Gasteiger partial charge in [0.1, 0.15) is 6.04 Å². The number of hydrogen-bond donors (Lipinski definition) is 3. The van der Waals surface area contributed by atoms with E-state index in [1.54, 1.807) is 26.4 Å². The molecular formula is C23H28ClN3O4. The van der Waals surface area contributed by atoms with Crippen molar-refractivity contribution in [2.75, 3.05) is 27.3 Å². The largest absolute Gasteiger partial charge is 0.493 e. The van der Waals surface area contributed by atoms with Gasteiger partial charge in [0.15, 0.2) is 11.5 Å². The molecule has 8 heteroatoms. The average molecular weight is 446 g/mol. The molecule has 2 aromatic carbocycles. The first-order valence-corrected chi connectivity index (χ1v) is 10.8. The molecule has 0 spiro atoms. The van der Waals surface area contributed by atoms with Crippen LogP contribution in [0.4, 0.5) is 0 Å². The van der Waals surface area contributed by atoms with E-state index in [4.69, 9.17) is 21.1 Å². The van der Waals surface area contributed by atoms with Crippen LogP contribution in [0.25, 0.3) is 0 Å². The zero-order chi connectivity index (χ0) is 22.0. The highest BCUT2D eigenvalue weighted by Gasteiger charge is 2.39. The van der Waals surface area contributed by atoms with Crippen LogP contribution in [0.2, 0.25) is 5.02 Å². The number of hydrazine groups is 1. The van der Waals surface area contributed by atoms with Gasteiger partial charge in [-0.25, -0.2) is 10.9 Å². The Balaban J connectivity index is 1.36. The SMILES string of the molecule is COc1ccc(C2CC(C(=O)N3CCC(O)(c4ccc(Cl)cc4)CC3)NN2)cc1OC. The van der Waals surface area contributed by atoms with Crippen LogP contribution >= 0.6 is 11.6 Å². The molecule has 7 nitrogen and oxygen atoms in total. The zero-order valence-corrected chi connectivity index (χ0v) is 18.5. The Morgan fingerprint density at radius 3 is 2.39 bits per heavy atom. The highest BCUT2D eigenvalue weighted by Crippen LogP contribution is 2.35. The number of carbonyl (C=O) groups is 1. The number of ether oxygens (including phenoxy) is 2. The molecule has 2 atom stereocenters. The molecule has 2 aromatic rings. The van der Waals surface area contributed by atoms with Gasteiger partial charge in [0.25, 0.3) is 0 Å². The fourth-order valence-electron chi connectivity index (χ4n) is 4.37. The smallest absolute Gasteiger partial charge is 0.241 e. The van der Waals surface area contributed by atoms with Crippen LogP contribution in [-0.4, -0.2) is 49.3 Å². The molecule has 0 bridgehead atoms. The minimum Gasteiger partial charge on any atom is -0.493 e. The van der Waals surface area contributed by atoms with Gasteiger partial charge in [0.2, 0.25) is 5.91 Å². The number of halogens is 1. The standard InChI is InChI=1S/C23H28ClN3O4/c1-30-20-8-3-15(13-21(20)31-2)18-14-19(26-25-18)22(28)27-11-9-23(29,10-12-27)16-4-6-17(24)7-5-16/h3-8,13,18-19,25-26,29H,9-12,14H2,1-2H3. The van der Waals surface area contributed by atoms with Crippen molar-refractivity contribution >= 4 is 17.5 Å². The van der Waals surface area contributed by atoms with Crippen molar-refractivity contribution < 1.29 is 19.4 Å². The molecule has 0 aliphatic carbocycles. The second-order valence-electron chi connectivity index (χ2n) is 8.11. The number of rotatable bonds is 5. The molecule has 2 heterocycles. The number of hydrogen-bond acceptors (Lipinski definition) is 6. The first kappa shape index (κ1) is 21.9. The van der Waals surface area contributed by atoms with Gasteiger partial charge >= 0.3 is 0 Å². The molecule has 2 aliphatic heterocycles. The Hall–Kier alpha value is -2.32. The molecular weight excluding hydrogens is 418 g/mol. The predicted molar refractivity (Wildman–Crippen MR) is 118 cm³/mol. The molecule has 3 N–H and O–H groups in total. The van der Waals surface area contributed by atoms with Crippen molar-refractivity contribution in [3.63, 3.8) is 0 Å². The summed E-state index contributed by atoms with van der Waals surface area (Å²) in [5, 5.41) is 11.7. The lowest BCUT2D eigenvalue weighted by molar-refractivity contribution is -0.137. The topological polar surface area (TPSA) is 83.1 Å². The molecule has 2 saturated heterocycles. The summed E-state index contributed by atoms with van der Waals surface area (Å²) in [4.78, 5) is 14.9. The summed E-state index contributed by atoms with van der Waals surface area (Å²) in [6.07, 6.45) is 1.63. The van der Waals surface area contributed by atoms with Crippen molar-refractivity contribution in [1.29, 1.82) is 0 Å². The summed E-state index contributed by atoms with van der Waals surface area (Å²) < 4.78 is 10.7. The summed E-state index contributed by atoms with van der Waals surface area (Å²) in [5.74, 6) is 1.38. The quantitative estimate of drug-likeness (QED) is 0.656. The number of aliphatic hydroxyl groups is 1. The van der Waals surface area contributed by atoms with Gasteiger partial charge in [-0.05, 0) is 54.7 Å². The number of carbonyl (C=O) groups excluding carboxylic acids is 1. The van der Waals surface area contributed by atoms with Crippen LogP contribution in [0.5, 0.6) is 11.5 Å². The van der Waals surface area contributed by atoms with Crippen LogP contribution in [0.15, 0.2) is 42.5 Å². The highest BCUT2D eigenvalue weighted by molar-refractivity contribution is 6.30. The second kappa shape index (κ2) is 9.04. The normalized spacial score (nSPS) is 22.9. The molecule has 0 saturated carbocycles. The lowest BCUT2D eigenvalue weighted by Gasteiger charge is -2.39. The first-order chi connectivity index (χ1) is 14.9. The fourth-order valence-corrected chi connectivity index (χ4v) is 4.50. The molecule has 2 fully saturated rings. The Morgan fingerprint density at radius 2 is 1.74 bits per heavy atom. The number of methoxy groups -OCH3 is 2. The predicted octanol–water partition coefficient (Wildman–Crippen LogP) is 2.78.